The standard InChI is InChI=1S/C18H18F3N3O4/c1-9-3-5-24(16(9)25)13(17(26)27)7-11-6-10-2-4-23-15(22)12(10)8-14(11)28-18(19,20)21/h2,4,6,8-9,13H,3,5,7H2,1H3,(H2,22,23)(H,26,27). The predicted molar refractivity (Wildman–Crippen MR) is 93.5 cm³/mol. The van der Waals surface area contributed by atoms with Crippen LogP contribution in [0.2, 0.25) is 0 Å². The summed E-state index contributed by atoms with van der Waals surface area (Å²) in [6, 6.07) is 2.72. The van der Waals surface area contributed by atoms with E-state index in [0.29, 0.717) is 11.8 Å². The van der Waals surface area contributed by atoms with Crippen molar-refractivity contribution in [3.63, 3.8) is 0 Å². The lowest BCUT2D eigenvalue weighted by atomic mass is 10.00. The summed E-state index contributed by atoms with van der Waals surface area (Å²) < 4.78 is 42.8. The molecule has 0 saturated carbocycles. The third-order valence-electron chi connectivity index (χ3n) is 4.78. The molecule has 2 aromatic rings. The van der Waals surface area contributed by atoms with Crippen LogP contribution in [0.15, 0.2) is 24.4 Å². The number of alkyl halides is 3. The van der Waals surface area contributed by atoms with Gasteiger partial charge in [0.15, 0.2) is 0 Å². The van der Waals surface area contributed by atoms with Gasteiger partial charge >= 0.3 is 12.3 Å². The average molecular weight is 397 g/mol. The summed E-state index contributed by atoms with van der Waals surface area (Å²) in [4.78, 5) is 29.0. The number of nitrogens with zero attached hydrogens (tertiary/aromatic N) is 2. The highest BCUT2D eigenvalue weighted by Gasteiger charge is 2.38. The lowest BCUT2D eigenvalue weighted by molar-refractivity contribution is -0.274. The molecule has 0 radical (unpaired) electrons. The molecule has 1 aliphatic heterocycles. The van der Waals surface area contributed by atoms with E-state index in [0.717, 1.165) is 6.07 Å². The first-order valence-corrected chi connectivity index (χ1v) is 8.53. The van der Waals surface area contributed by atoms with Crippen LogP contribution in [0.25, 0.3) is 10.8 Å². The Morgan fingerprint density at radius 1 is 1.46 bits per heavy atom. The summed E-state index contributed by atoms with van der Waals surface area (Å²) in [5.74, 6) is -2.50. The predicted octanol–water partition coefficient (Wildman–Crippen LogP) is 2.58. The zero-order valence-electron chi connectivity index (χ0n) is 14.9. The number of likely N-dealkylation sites (tertiary alicyclic amines) is 1. The van der Waals surface area contributed by atoms with Gasteiger partial charge in [0.05, 0.1) is 0 Å². The Labute approximate surface area is 157 Å². The van der Waals surface area contributed by atoms with Gasteiger partial charge in [-0.15, -0.1) is 13.2 Å². The molecule has 10 heteroatoms. The van der Waals surface area contributed by atoms with Crippen LogP contribution < -0.4 is 10.5 Å². The summed E-state index contributed by atoms with van der Waals surface area (Å²) in [7, 11) is 0. The Balaban J connectivity index is 2.05. The van der Waals surface area contributed by atoms with Gasteiger partial charge in [-0.2, -0.15) is 0 Å². The number of ether oxygens (including phenoxy) is 1. The first kappa shape index (κ1) is 19.7. The number of aliphatic carboxylic acids is 1. The molecule has 3 rings (SSSR count). The number of hydrogen-bond donors (Lipinski definition) is 2. The fraction of sp³-hybridized carbons (Fsp3) is 0.389. The number of anilines is 1. The van der Waals surface area contributed by atoms with Crippen molar-refractivity contribution < 1.29 is 32.6 Å². The molecule has 28 heavy (non-hydrogen) atoms. The van der Waals surface area contributed by atoms with Crippen molar-refractivity contribution in [2.45, 2.75) is 32.2 Å². The highest BCUT2D eigenvalue weighted by Crippen LogP contribution is 2.34. The molecule has 0 spiro atoms. The van der Waals surface area contributed by atoms with Crippen molar-refractivity contribution in [1.82, 2.24) is 9.88 Å². The molecule has 2 unspecified atom stereocenters. The topological polar surface area (TPSA) is 106 Å². The van der Waals surface area contributed by atoms with E-state index in [9.17, 15) is 27.9 Å². The molecule has 1 aromatic carbocycles. The summed E-state index contributed by atoms with van der Waals surface area (Å²) in [5.41, 5.74) is 5.74. The number of fused-ring (bicyclic) bond motifs is 1. The SMILES string of the molecule is CC1CCN(C(Cc2cc3ccnc(N)c3cc2OC(F)(F)F)C(=O)O)C1=O. The number of hydrogen-bond acceptors (Lipinski definition) is 5. The van der Waals surface area contributed by atoms with E-state index in [1.165, 1.54) is 17.2 Å². The second-order valence-corrected chi connectivity index (χ2v) is 6.70. The maximum absolute atomic E-state index is 12.9. The van der Waals surface area contributed by atoms with E-state index < -0.39 is 24.1 Å². The Hall–Kier alpha value is -3.04. The van der Waals surface area contributed by atoms with Crippen molar-refractivity contribution >= 4 is 28.5 Å². The molecule has 1 fully saturated rings. The smallest absolute Gasteiger partial charge is 0.480 e. The van der Waals surface area contributed by atoms with Gasteiger partial charge in [-0.25, -0.2) is 9.78 Å². The normalized spacial score (nSPS) is 18.5. The number of nitrogens with two attached hydrogens (primary N) is 1. The minimum Gasteiger partial charge on any atom is -0.480 e. The van der Waals surface area contributed by atoms with Crippen LogP contribution in [0.1, 0.15) is 18.9 Å². The lowest BCUT2D eigenvalue weighted by Crippen LogP contribution is -2.44. The molecule has 1 amide bonds. The Morgan fingerprint density at radius 2 is 2.18 bits per heavy atom. The van der Waals surface area contributed by atoms with Crippen LogP contribution in [-0.2, 0) is 16.0 Å². The highest BCUT2D eigenvalue weighted by atomic mass is 19.4. The average Bonchev–Trinajstić information content (AvgIpc) is 2.91. The van der Waals surface area contributed by atoms with Crippen LogP contribution >= 0.6 is 0 Å². The Bertz CT molecular complexity index is 932. The number of pyridine rings is 1. The summed E-state index contributed by atoms with van der Waals surface area (Å²) in [6.45, 7) is 1.92. The third-order valence-corrected chi connectivity index (χ3v) is 4.78. The van der Waals surface area contributed by atoms with Gasteiger partial charge in [0.25, 0.3) is 0 Å². The van der Waals surface area contributed by atoms with Gasteiger partial charge in [-0.1, -0.05) is 6.92 Å². The third kappa shape index (κ3) is 3.95. The van der Waals surface area contributed by atoms with Gasteiger partial charge in [0.1, 0.15) is 17.6 Å². The van der Waals surface area contributed by atoms with Crippen molar-refractivity contribution in [3.8, 4) is 5.75 Å². The molecule has 1 saturated heterocycles. The molecule has 2 atom stereocenters. The molecule has 0 aliphatic carbocycles. The largest absolute Gasteiger partial charge is 0.573 e. The molecule has 2 heterocycles. The van der Waals surface area contributed by atoms with Crippen molar-refractivity contribution in [2.24, 2.45) is 5.92 Å². The number of nitrogen functional groups attached to an aromatic ring is 1. The van der Waals surface area contributed by atoms with Crippen LogP contribution in [0.5, 0.6) is 5.75 Å². The number of rotatable bonds is 5. The van der Waals surface area contributed by atoms with Gasteiger partial charge in [-0.3, -0.25) is 4.79 Å². The molecule has 1 aromatic heterocycles. The molecule has 1 aliphatic rings. The number of carboxylic acids is 1. The Kier molecular flexibility index (Phi) is 5.05. The number of amides is 1. The summed E-state index contributed by atoms with van der Waals surface area (Å²) in [5, 5.41) is 10.3. The van der Waals surface area contributed by atoms with Crippen LogP contribution in [0.4, 0.5) is 19.0 Å². The number of aromatic nitrogens is 1. The first-order valence-electron chi connectivity index (χ1n) is 8.53. The van der Waals surface area contributed by atoms with Crippen molar-refractivity contribution in [1.29, 1.82) is 0 Å². The fourth-order valence-electron chi connectivity index (χ4n) is 3.35. The maximum atomic E-state index is 12.9. The van der Waals surface area contributed by atoms with E-state index in [-0.39, 0.29) is 41.6 Å². The monoisotopic (exact) mass is 397 g/mol. The zero-order chi connectivity index (χ0) is 20.6. The second kappa shape index (κ2) is 7.17. The number of halogens is 3. The molecule has 7 nitrogen and oxygen atoms in total. The van der Waals surface area contributed by atoms with E-state index in [1.807, 2.05) is 0 Å². The zero-order valence-corrected chi connectivity index (χ0v) is 14.9. The highest BCUT2D eigenvalue weighted by molar-refractivity contribution is 5.93. The van der Waals surface area contributed by atoms with Gasteiger partial charge in [-0.05, 0) is 35.6 Å². The molecule has 0 bridgehead atoms. The molecule has 150 valence electrons. The molecular formula is C18H18F3N3O4. The Morgan fingerprint density at radius 3 is 2.75 bits per heavy atom. The number of carboxylic acid groups (broad SMARTS) is 1. The van der Waals surface area contributed by atoms with Crippen LogP contribution in [-0.4, -0.2) is 45.8 Å². The van der Waals surface area contributed by atoms with Crippen LogP contribution in [0.3, 0.4) is 0 Å². The molecule has 3 N–H and O–H groups in total. The quantitative estimate of drug-likeness (QED) is 0.803. The van der Waals surface area contributed by atoms with Crippen molar-refractivity contribution in [3.05, 3.63) is 30.0 Å². The minimum absolute atomic E-state index is 0.00942. The summed E-state index contributed by atoms with van der Waals surface area (Å²) >= 11 is 0. The van der Waals surface area contributed by atoms with E-state index in [2.05, 4.69) is 9.72 Å². The number of benzene rings is 1. The number of carbonyl (C=O) groups is 2. The van der Waals surface area contributed by atoms with E-state index >= 15 is 0 Å². The van der Waals surface area contributed by atoms with Crippen LogP contribution in [0, 0.1) is 5.92 Å². The fourth-order valence-corrected chi connectivity index (χ4v) is 3.35. The lowest BCUT2D eigenvalue weighted by Gasteiger charge is -2.26. The maximum Gasteiger partial charge on any atom is 0.573 e. The van der Waals surface area contributed by atoms with Gasteiger partial charge in [0.2, 0.25) is 5.91 Å². The van der Waals surface area contributed by atoms with Gasteiger partial charge in [0, 0.05) is 30.5 Å². The first-order chi connectivity index (χ1) is 13.1. The minimum atomic E-state index is -4.98. The molecular weight excluding hydrogens is 379 g/mol. The van der Waals surface area contributed by atoms with Gasteiger partial charge < -0.3 is 20.5 Å². The second-order valence-electron chi connectivity index (χ2n) is 6.70. The van der Waals surface area contributed by atoms with E-state index in [4.69, 9.17) is 5.73 Å². The summed E-state index contributed by atoms with van der Waals surface area (Å²) in [6.07, 6.45) is -3.42. The van der Waals surface area contributed by atoms with E-state index in [1.54, 1.807) is 13.0 Å². The number of carbonyl (C=O) groups excluding carboxylic acids is 1. The van der Waals surface area contributed by atoms with Crippen molar-refractivity contribution in [2.75, 3.05) is 12.3 Å².